The third-order valence-electron chi connectivity index (χ3n) is 4.19. The molecule has 1 unspecified atom stereocenters. The molecule has 0 fully saturated rings. The van der Waals surface area contributed by atoms with Crippen LogP contribution >= 0.6 is 0 Å². The quantitative estimate of drug-likeness (QED) is 0.646. The van der Waals surface area contributed by atoms with Gasteiger partial charge in [0.25, 0.3) is 0 Å². The van der Waals surface area contributed by atoms with Crippen LogP contribution in [-0.2, 0) is 14.8 Å². The van der Waals surface area contributed by atoms with Gasteiger partial charge in [0.15, 0.2) is 5.78 Å². The molecule has 27 heavy (non-hydrogen) atoms. The number of ketones is 1. The van der Waals surface area contributed by atoms with Crippen molar-refractivity contribution in [3.8, 4) is 0 Å². The van der Waals surface area contributed by atoms with Crippen molar-refractivity contribution in [2.75, 3.05) is 13.1 Å². The van der Waals surface area contributed by atoms with E-state index in [-0.39, 0.29) is 35.5 Å². The highest BCUT2D eigenvalue weighted by atomic mass is 32.2. The van der Waals surface area contributed by atoms with Crippen molar-refractivity contribution in [3.63, 3.8) is 0 Å². The minimum atomic E-state index is -3.71. The van der Waals surface area contributed by atoms with Gasteiger partial charge in [0.05, 0.1) is 4.90 Å². The SMILES string of the molecule is CC(=O)c1ccc(S(=O)(=O)NCCC(=O)NCC(C)c2ccccc2)cc1. The van der Waals surface area contributed by atoms with Crippen LogP contribution in [-0.4, -0.2) is 33.2 Å². The van der Waals surface area contributed by atoms with Crippen LogP contribution in [0.5, 0.6) is 0 Å². The molecule has 0 aliphatic carbocycles. The highest BCUT2D eigenvalue weighted by Crippen LogP contribution is 2.13. The summed E-state index contributed by atoms with van der Waals surface area (Å²) in [6.45, 7) is 3.92. The average Bonchev–Trinajstić information content (AvgIpc) is 2.66. The topological polar surface area (TPSA) is 92.3 Å². The van der Waals surface area contributed by atoms with Gasteiger partial charge in [-0.25, -0.2) is 13.1 Å². The number of Topliss-reactive ketones (excluding diaryl/α,β-unsaturated/α-hetero) is 1. The lowest BCUT2D eigenvalue weighted by atomic mass is 10.0. The van der Waals surface area contributed by atoms with E-state index in [9.17, 15) is 18.0 Å². The van der Waals surface area contributed by atoms with E-state index in [1.54, 1.807) is 0 Å². The number of hydrogen-bond acceptors (Lipinski definition) is 4. The summed E-state index contributed by atoms with van der Waals surface area (Å²) < 4.78 is 26.8. The molecule has 0 aliphatic heterocycles. The van der Waals surface area contributed by atoms with Gasteiger partial charge in [-0.3, -0.25) is 9.59 Å². The van der Waals surface area contributed by atoms with Gasteiger partial charge in [0.2, 0.25) is 15.9 Å². The predicted molar refractivity (Wildman–Crippen MR) is 104 cm³/mol. The molecule has 0 spiro atoms. The molecule has 7 heteroatoms. The number of hydrogen-bond donors (Lipinski definition) is 2. The van der Waals surface area contributed by atoms with Gasteiger partial charge >= 0.3 is 0 Å². The normalized spacial score (nSPS) is 12.4. The number of benzene rings is 2. The van der Waals surface area contributed by atoms with Crippen LogP contribution in [0.15, 0.2) is 59.5 Å². The molecule has 0 heterocycles. The summed E-state index contributed by atoms with van der Waals surface area (Å²) in [6.07, 6.45) is 0.0479. The highest BCUT2D eigenvalue weighted by Gasteiger charge is 2.15. The van der Waals surface area contributed by atoms with Crippen molar-refractivity contribution < 1.29 is 18.0 Å². The summed E-state index contributed by atoms with van der Waals surface area (Å²) in [5, 5.41) is 2.82. The molecule has 2 rings (SSSR count). The molecule has 2 aromatic rings. The molecule has 0 aromatic heterocycles. The number of nitrogens with one attached hydrogen (secondary N) is 2. The van der Waals surface area contributed by atoms with Crippen molar-refractivity contribution in [3.05, 3.63) is 65.7 Å². The van der Waals surface area contributed by atoms with E-state index in [1.807, 2.05) is 37.3 Å². The van der Waals surface area contributed by atoms with Crippen molar-refractivity contribution in [1.82, 2.24) is 10.0 Å². The minimum Gasteiger partial charge on any atom is -0.355 e. The molecule has 0 bridgehead atoms. The van der Waals surface area contributed by atoms with Gasteiger partial charge in [-0.1, -0.05) is 49.4 Å². The molecule has 0 radical (unpaired) electrons. The molecule has 0 saturated heterocycles. The van der Waals surface area contributed by atoms with Crippen LogP contribution in [0.4, 0.5) is 0 Å². The fourth-order valence-electron chi connectivity index (χ4n) is 2.51. The number of carbonyl (C=O) groups is 2. The van der Waals surface area contributed by atoms with Crippen molar-refractivity contribution in [2.45, 2.75) is 31.1 Å². The molecule has 1 amide bonds. The number of carbonyl (C=O) groups excluding carboxylic acids is 2. The first-order valence-electron chi connectivity index (χ1n) is 8.72. The Kier molecular flexibility index (Phi) is 7.27. The lowest BCUT2D eigenvalue weighted by Crippen LogP contribution is -2.32. The van der Waals surface area contributed by atoms with Gasteiger partial charge in [0.1, 0.15) is 0 Å². The summed E-state index contributed by atoms with van der Waals surface area (Å²) in [4.78, 5) is 23.2. The zero-order chi connectivity index (χ0) is 19.9. The molecule has 144 valence electrons. The van der Waals surface area contributed by atoms with Gasteiger partial charge in [-0.15, -0.1) is 0 Å². The van der Waals surface area contributed by atoms with E-state index in [2.05, 4.69) is 10.0 Å². The molecule has 0 aliphatic rings. The molecule has 1 atom stereocenters. The standard InChI is InChI=1S/C20H24N2O4S/c1-15(17-6-4-3-5-7-17)14-21-20(24)12-13-22-27(25,26)19-10-8-18(9-11-19)16(2)23/h3-11,15,22H,12-14H2,1-2H3,(H,21,24). The van der Waals surface area contributed by atoms with Crippen molar-refractivity contribution >= 4 is 21.7 Å². The maximum absolute atomic E-state index is 12.2. The smallest absolute Gasteiger partial charge is 0.240 e. The first-order chi connectivity index (χ1) is 12.8. The van der Waals surface area contributed by atoms with Crippen LogP contribution < -0.4 is 10.0 Å². The lowest BCUT2D eigenvalue weighted by Gasteiger charge is -2.13. The van der Waals surface area contributed by atoms with Crippen molar-refractivity contribution in [1.29, 1.82) is 0 Å². The monoisotopic (exact) mass is 388 g/mol. The van der Waals surface area contributed by atoms with E-state index in [0.717, 1.165) is 5.56 Å². The molecular weight excluding hydrogens is 364 g/mol. The van der Waals surface area contributed by atoms with Crippen LogP contribution in [0.2, 0.25) is 0 Å². The average molecular weight is 388 g/mol. The Balaban J connectivity index is 1.79. The summed E-state index contributed by atoms with van der Waals surface area (Å²) in [5.41, 5.74) is 1.58. The van der Waals surface area contributed by atoms with E-state index in [0.29, 0.717) is 12.1 Å². The van der Waals surface area contributed by atoms with Crippen LogP contribution in [0.3, 0.4) is 0 Å². The molecule has 2 aromatic carbocycles. The Hall–Kier alpha value is -2.51. The predicted octanol–water partition coefficient (Wildman–Crippen LogP) is 2.48. The largest absolute Gasteiger partial charge is 0.355 e. The van der Waals surface area contributed by atoms with Crippen LogP contribution in [0.25, 0.3) is 0 Å². The second-order valence-corrected chi connectivity index (χ2v) is 8.11. The Morgan fingerprint density at radius 2 is 1.63 bits per heavy atom. The van der Waals surface area contributed by atoms with E-state index < -0.39 is 10.0 Å². The second kappa shape index (κ2) is 9.43. The zero-order valence-corrected chi connectivity index (χ0v) is 16.3. The van der Waals surface area contributed by atoms with Gasteiger partial charge < -0.3 is 5.32 Å². The van der Waals surface area contributed by atoms with E-state index >= 15 is 0 Å². The maximum Gasteiger partial charge on any atom is 0.240 e. The van der Waals surface area contributed by atoms with Crippen LogP contribution in [0.1, 0.15) is 42.1 Å². The second-order valence-electron chi connectivity index (χ2n) is 6.34. The first-order valence-corrected chi connectivity index (χ1v) is 10.2. The minimum absolute atomic E-state index is 0.00233. The molecule has 6 nitrogen and oxygen atoms in total. The summed E-state index contributed by atoms with van der Waals surface area (Å²) >= 11 is 0. The highest BCUT2D eigenvalue weighted by molar-refractivity contribution is 7.89. The van der Waals surface area contributed by atoms with E-state index in [4.69, 9.17) is 0 Å². The van der Waals surface area contributed by atoms with Crippen molar-refractivity contribution in [2.24, 2.45) is 0 Å². The summed E-state index contributed by atoms with van der Waals surface area (Å²) in [7, 11) is -3.71. The number of amides is 1. The first kappa shape index (κ1) is 20.8. The summed E-state index contributed by atoms with van der Waals surface area (Å²) in [5.74, 6) is -0.174. The van der Waals surface area contributed by atoms with Crippen LogP contribution in [0, 0.1) is 0 Å². The fraction of sp³-hybridized carbons (Fsp3) is 0.300. The maximum atomic E-state index is 12.2. The Morgan fingerprint density at radius 3 is 2.22 bits per heavy atom. The Labute approximate surface area is 160 Å². The molecule has 2 N–H and O–H groups in total. The lowest BCUT2D eigenvalue weighted by molar-refractivity contribution is -0.120. The summed E-state index contributed by atoms with van der Waals surface area (Å²) in [6, 6.07) is 15.5. The Morgan fingerprint density at radius 1 is 1.00 bits per heavy atom. The Bertz CT molecular complexity index is 878. The third-order valence-corrected chi connectivity index (χ3v) is 5.67. The van der Waals surface area contributed by atoms with E-state index in [1.165, 1.54) is 31.2 Å². The van der Waals surface area contributed by atoms with Gasteiger partial charge in [-0.2, -0.15) is 0 Å². The molecular formula is C20H24N2O4S. The van der Waals surface area contributed by atoms with Gasteiger partial charge in [-0.05, 0) is 30.5 Å². The fourth-order valence-corrected chi connectivity index (χ4v) is 3.54. The number of rotatable bonds is 9. The third kappa shape index (κ3) is 6.30. The number of sulfonamides is 1. The zero-order valence-electron chi connectivity index (χ0n) is 15.4. The van der Waals surface area contributed by atoms with Gasteiger partial charge in [0, 0.05) is 25.1 Å². The molecule has 0 saturated carbocycles.